The molecule has 0 radical (unpaired) electrons. The van der Waals surface area contributed by atoms with E-state index in [4.69, 9.17) is 0 Å². The first-order valence-corrected chi connectivity index (χ1v) is 9.81. The van der Waals surface area contributed by atoms with E-state index in [2.05, 4.69) is 43.4 Å². The smallest absolute Gasteiger partial charge is 0.239 e. The molecule has 2 atom stereocenters. The molecule has 4 nitrogen and oxygen atoms in total. The number of carbonyl (C=O) groups excluding carboxylic acids is 2. The summed E-state index contributed by atoms with van der Waals surface area (Å²) in [6.45, 7) is 5.51. The average Bonchev–Trinajstić information content (AvgIpc) is 3.04. The van der Waals surface area contributed by atoms with Crippen LogP contribution in [0, 0.1) is 5.92 Å². The molecule has 1 N–H and O–H groups in total. The fourth-order valence-electron chi connectivity index (χ4n) is 4.11. The van der Waals surface area contributed by atoms with Gasteiger partial charge in [-0.15, -0.1) is 0 Å². The SMILES string of the molecule is CC(C)c1ccc(N2CCC(C(=O)NCC3Cc4ccccc43)C2=O)cc1. The van der Waals surface area contributed by atoms with Crippen molar-refractivity contribution in [1.82, 2.24) is 5.32 Å². The molecular weight excluding hydrogens is 336 g/mol. The predicted octanol–water partition coefficient (Wildman–Crippen LogP) is 3.62. The zero-order valence-corrected chi connectivity index (χ0v) is 15.9. The Morgan fingerprint density at radius 3 is 2.59 bits per heavy atom. The summed E-state index contributed by atoms with van der Waals surface area (Å²) in [4.78, 5) is 27.1. The molecule has 1 aliphatic carbocycles. The second-order valence-electron chi connectivity index (χ2n) is 7.92. The summed E-state index contributed by atoms with van der Waals surface area (Å²) in [7, 11) is 0. The first-order valence-electron chi connectivity index (χ1n) is 9.81. The quantitative estimate of drug-likeness (QED) is 0.826. The van der Waals surface area contributed by atoms with Gasteiger partial charge in [-0.25, -0.2) is 0 Å². The summed E-state index contributed by atoms with van der Waals surface area (Å²) in [6.07, 6.45) is 1.58. The standard InChI is InChI=1S/C23H26N2O2/c1-15(2)16-7-9-19(10-8-16)25-12-11-21(23(25)27)22(26)24-14-18-13-17-5-3-4-6-20(17)18/h3-10,15,18,21H,11-14H2,1-2H3,(H,24,26). The molecule has 2 aliphatic rings. The first-order chi connectivity index (χ1) is 13.0. The van der Waals surface area contributed by atoms with Crippen molar-refractivity contribution < 1.29 is 9.59 Å². The molecule has 1 heterocycles. The maximum Gasteiger partial charge on any atom is 0.239 e. The molecule has 1 fully saturated rings. The molecule has 4 heteroatoms. The van der Waals surface area contributed by atoms with Gasteiger partial charge in [-0.3, -0.25) is 9.59 Å². The van der Waals surface area contributed by atoms with Crippen molar-refractivity contribution in [2.24, 2.45) is 5.92 Å². The Hall–Kier alpha value is -2.62. The van der Waals surface area contributed by atoms with Crippen LogP contribution in [-0.4, -0.2) is 24.9 Å². The molecule has 1 saturated heterocycles. The molecule has 0 saturated carbocycles. The van der Waals surface area contributed by atoms with Gasteiger partial charge >= 0.3 is 0 Å². The van der Waals surface area contributed by atoms with Crippen LogP contribution >= 0.6 is 0 Å². The van der Waals surface area contributed by atoms with Gasteiger partial charge in [-0.05, 0) is 47.6 Å². The Labute approximate surface area is 160 Å². The van der Waals surface area contributed by atoms with E-state index >= 15 is 0 Å². The largest absolute Gasteiger partial charge is 0.355 e. The molecule has 2 amide bonds. The van der Waals surface area contributed by atoms with Gasteiger partial charge in [0, 0.05) is 24.7 Å². The number of anilines is 1. The van der Waals surface area contributed by atoms with E-state index in [0.29, 0.717) is 31.3 Å². The number of benzene rings is 2. The number of fused-ring (bicyclic) bond motifs is 1. The van der Waals surface area contributed by atoms with Crippen LogP contribution in [0.2, 0.25) is 0 Å². The fourth-order valence-corrected chi connectivity index (χ4v) is 4.11. The van der Waals surface area contributed by atoms with Gasteiger partial charge in [-0.2, -0.15) is 0 Å². The van der Waals surface area contributed by atoms with E-state index in [1.165, 1.54) is 16.7 Å². The minimum atomic E-state index is -0.565. The molecule has 0 bridgehead atoms. The second kappa shape index (κ2) is 7.18. The van der Waals surface area contributed by atoms with Crippen LogP contribution in [0.1, 0.15) is 48.8 Å². The summed E-state index contributed by atoms with van der Waals surface area (Å²) < 4.78 is 0. The highest BCUT2D eigenvalue weighted by Gasteiger charge is 2.38. The minimum Gasteiger partial charge on any atom is -0.355 e. The summed E-state index contributed by atoms with van der Waals surface area (Å²) in [5, 5.41) is 3.01. The number of amides is 2. The third-order valence-electron chi connectivity index (χ3n) is 5.88. The van der Waals surface area contributed by atoms with Gasteiger partial charge in [0.1, 0.15) is 5.92 Å². The second-order valence-corrected chi connectivity index (χ2v) is 7.92. The highest BCUT2D eigenvalue weighted by atomic mass is 16.2. The van der Waals surface area contributed by atoms with Crippen LogP contribution in [-0.2, 0) is 16.0 Å². The van der Waals surface area contributed by atoms with E-state index in [-0.39, 0.29) is 11.8 Å². The van der Waals surface area contributed by atoms with Crippen molar-refractivity contribution in [3.63, 3.8) is 0 Å². The Balaban J connectivity index is 1.35. The summed E-state index contributed by atoms with van der Waals surface area (Å²) in [5.74, 6) is 0.0550. The predicted molar refractivity (Wildman–Crippen MR) is 107 cm³/mol. The topological polar surface area (TPSA) is 49.4 Å². The summed E-state index contributed by atoms with van der Waals surface area (Å²) in [6, 6.07) is 16.4. The third-order valence-corrected chi connectivity index (χ3v) is 5.88. The normalized spacial score (nSPS) is 21.1. The molecule has 2 unspecified atom stereocenters. The van der Waals surface area contributed by atoms with E-state index in [1.807, 2.05) is 24.3 Å². The molecule has 140 valence electrons. The molecule has 2 aromatic rings. The lowest BCUT2D eigenvalue weighted by Gasteiger charge is -2.30. The van der Waals surface area contributed by atoms with E-state index in [0.717, 1.165) is 12.1 Å². The maximum atomic E-state index is 12.8. The maximum absolute atomic E-state index is 12.8. The van der Waals surface area contributed by atoms with Crippen molar-refractivity contribution >= 4 is 17.5 Å². The van der Waals surface area contributed by atoms with E-state index < -0.39 is 5.92 Å². The van der Waals surface area contributed by atoms with Crippen molar-refractivity contribution in [2.75, 3.05) is 18.0 Å². The van der Waals surface area contributed by atoms with Crippen LogP contribution < -0.4 is 10.2 Å². The molecule has 1 aliphatic heterocycles. The lowest BCUT2D eigenvalue weighted by atomic mass is 9.77. The van der Waals surface area contributed by atoms with Crippen LogP contribution in [0.15, 0.2) is 48.5 Å². The molecule has 2 aromatic carbocycles. The van der Waals surface area contributed by atoms with E-state index in [9.17, 15) is 9.59 Å². The van der Waals surface area contributed by atoms with Gasteiger partial charge in [0.2, 0.25) is 11.8 Å². The van der Waals surface area contributed by atoms with Crippen LogP contribution in [0.3, 0.4) is 0 Å². The molecular formula is C23H26N2O2. The Kier molecular flexibility index (Phi) is 4.73. The zero-order chi connectivity index (χ0) is 19.0. The lowest BCUT2D eigenvalue weighted by molar-refractivity contribution is -0.132. The summed E-state index contributed by atoms with van der Waals surface area (Å²) in [5.41, 5.74) is 4.82. The fraction of sp³-hybridized carbons (Fsp3) is 0.391. The van der Waals surface area contributed by atoms with Gasteiger partial charge in [0.25, 0.3) is 0 Å². The zero-order valence-electron chi connectivity index (χ0n) is 15.9. The van der Waals surface area contributed by atoms with Crippen molar-refractivity contribution in [3.8, 4) is 0 Å². The van der Waals surface area contributed by atoms with Gasteiger partial charge < -0.3 is 10.2 Å². The Bertz CT molecular complexity index is 857. The van der Waals surface area contributed by atoms with Crippen molar-refractivity contribution in [1.29, 1.82) is 0 Å². The first kappa shape index (κ1) is 17.8. The lowest BCUT2D eigenvalue weighted by Crippen LogP contribution is -2.40. The van der Waals surface area contributed by atoms with Crippen LogP contribution in [0.25, 0.3) is 0 Å². The number of hydrogen-bond acceptors (Lipinski definition) is 2. The number of hydrogen-bond donors (Lipinski definition) is 1. The summed E-state index contributed by atoms with van der Waals surface area (Å²) >= 11 is 0. The van der Waals surface area contributed by atoms with Gasteiger partial charge in [0.05, 0.1) is 0 Å². The van der Waals surface area contributed by atoms with Crippen LogP contribution in [0.5, 0.6) is 0 Å². The Morgan fingerprint density at radius 1 is 1.15 bits per heavy atom. The van der Waals surface area contributed by atoms with Crippen molar-refractivity contribution in [3.05, 3.63) is 65.2 Å². The number of rotatable bonds is 5. The number of nitrogens with one attached hydrogen (secondary N) is 1. The number of nitrogens with zero attached hydrogens (tertiary/aromatic N) is 1. The van der Waals surface area contributed by atoms with Gasteiger partial charge in [-0.1, -0.05) is 50.2 Å². The van der Waals surface area contributed by atoms with E-state index in [1.54, 1.807) is 4.90 Å². The molecule has 0 aromatic heterocycles. The highest BCUT2D eigenvalue weighted by molar-refractivity contribution is 6.09. The minimum absolute atomic E-state index is 0.0844. The highest BCUT2D eigenvalue weighted by Crippen LogP contribution is 2.34. The number of carbonyl (C=O) groups is 2. The Morgan fingerprint density at radius 2 is 1.89 bits per heavy atom. The molecule has 4 rings (SSSR count). The third kappa shape index (κ3) is 3.36. The molecule has 0 spiro atoms. The monoisotopic (exact) mass is 362 g/mol. The van der Waals surface area contributed by atoms with Crippen LogP contribution in [0.4, 0.5) is 5.69 Å². The molecule has 27 heavy (non-hydrogen) atoms. The van der Waals surface area contributed by atoms with Crippen molar-refractivity contribution in [2.45, 2.75) is 38.5 Å². The van der Waals surface area contributed by atoms with Gasteiger partial charge in [0.15, 0.2) is 0 Å². The average molecular weight is 362 g/mol.